The van der Waals surface area contributed by atoms with Crippen LogP contribution in [0, 0.1) is 11.6 Å². The van der Waals surface area contributed by atoms with E-state index in [4.69, 9.17) is 17.3 Å². The lowest BCUT2D eigenvalue weighted by atomic mass is 9.86. The van der Waals surface area contributed by atoms with E-state index in [1.165, 1.54) is 12.1 Å². The molecule has 0 aromatic heterocycles. The van der Waals surface area contributed by atoms with Gasteiger partial charge in [0.2, 0.25) is 0 Å². The van der Waals surface area contributed by atoms with Crippen molar-refractivity contribution in [3.05, 3.63) is 70.2 Å². The Morgan fingerprint density at radius 3 is 2.47 bits per heavy atom. The van der Waals surface area contributed by atoms with Crippen molar-refractivity contribution in [2.75, 3.05) is 0 Å². The number of halogens is 3. The lowest BCUT2D eigenvalue weighted by Gasteiger charge is -2.25. The van der Waals surface area contributed by atoms with Gasteiger partial charge in [0.15, 0.2) is 11.6 Å². The van der Waals surface area contributed by atoms with Crippen LogP contribution in [-0.2, 0) is 12.0 Å². The highest BCUT2D eigenvalue weighted by atomic mass is 35.5. The Balaban J connectivity index is 2.27. The van der Waals surface area contributed by atoms with Crippen molar-refractivity contribution >= 4 is 11.6 Å². The van der Waals surface area contributed by atoms with Gasteiger partial charge in [0, 0.05) is 10.6 Å². The molecular formula is C15H14ClF2N. The largest absolute Gasteiger partial charge is 0.321 e. The van der Waals surface area contributed by atoms with Crippen LogP contribution in [-0.4, -0.2) is 0 Å². The molecule has 2 aromatic carbocycles. The lowest BCUT2D eigenvalue weighted by molar-refractivity contribution is 0.480. The van der Waals surface area contributed by atoms with Gasteiger partial charge in [0.1, 0.15) is 0 Å². The van der Waals surface area contributed by atoms with Gasteiger partial charge in [0.05, 0.1) is 0 Å². The zero-order valence-corrected chi connectivity index (χ0v) is 11.2. The lowest BCUT2D eigenvalue weighted by Crippen LogP contribution is -2.35. The Hall–Kier alpha value is -1.45. The van der Waals surface area contributed by atoms with E-state index < -0.39 is 17.2 Å². The summed E-state index contributed by atoms with van der Waals surface area (Å²) in [6.45, 7) is 1.83. The first-order valence-electron chi connectivity index (χ1n) is 5.87. The van der Waals surface area contributed by atoms with Crippen molar-refractivity contribution in [1.29, 1.82) is 0 Å². The first-order chi connectivity index (χ1) is 8.88. The highest BCUT2D eigenvalue weighted by Crippen LogP contribution is 2.25. The Bertz CT molecular complexity index is 596. The van der Waals surface area contributed by atoms with Crippen LogP contribution in [0.15, 0.2) is 42.5 Å². The minimum atomic E-state index is -0.862. The molecule has 0 fully saturated rings. The second kappa shape index (κ2) is 5.27. The molecular weight excluding hydrogens is 268 g/mol. The Morgan fingerprint density at radius 1 is 1.11 bits per heavy atom. The predicted octanol–water partition coefficient (Wildman–Crippen LogP) is 4.03. The van der Waals surface area contributed by atoms with E-state index in [-0.39, 0.29) is 0 Å². The van der Waals surface area contributed by atoms with Crippen LogP contribution in [0.5, 0.6) is 0 Å². The maximum atomic E-state index is 13.2. The van der Waals surface area contributed by atoms with Gasteiger partial charge in [-0.3, -0.25) is 0 Å². The quantitative estimate of drug-likeness (QED) is 0.903. The summed E-state index contributed by atoms with van der Waals surface area (Å²) >= 11 is 5.93. The molecule has 1 unspecified atom stereocenters. The standard InChI is InChI=1S/C15H14ClF2N/c1-15(19,11-3-2-4-12(16)8-11)9-10-5-6-13(17)14(18)7-10/h2-8H,9,19H2,1H3. The third-order valence-electron chi connectivity index (χ3n) is 3.04. The molecule has 0 aliphatic rings. The maximum Gasteiger partial charge on any atom is 0.159 e. The summed E-state index contributed by atoms with van der Waals surface area (Å²) in [6, 6.07) is 11.0. The van der Waals surface area contributed by atoms with Crippen molar-refractivity contribution in [3.8, 4) is 0 Å². The molecule has 0 spiro atoms. The molecule has 19 heavy (non-hydrogen) atoms. The second-order valence-electron chi connectivity index (χ2n) is 4.85. The molecule has 0 aliphatic carbocycles. The molecule has 100 valence electrons. The van der Waals surface area contributed by atoms with Crippen LogP contribution in [0.25, 0.3) is 0 Å². The van der Waals surface area contributed by atoms with Gasteiger partial charge in [-0.15, -0.1) is 0 Å². The van der Waals surface area contributed by atoms with Gasteiger partial charge >= 0.3 is 0 Å². The van der Waals surface area contributed by atoms with Gasteiger partial charge < -0.3 is 5.73 Å². The fraction of sp³-hybridized carbons (Fsp3) is 0.200. The molecule has 0 bridgehead atoms. The first kappa shape index (κ1) is 14.0. The van der Waals surface area contributed by atoms with E-state index >= 15 is 0 Å². The van der Waals surface area contributed by atoms with Crippen LogP contribution in [0.3, 0.4) is 0 Å². The molecule has 2 rings (SSSR count). The fourth-order valence-corrected chi connectivity index (χ4v) is 2.21. The molecule has 1 atom stereocenters. The van der Waals surface area contributed by atoms with Crippen LogP contribution < -0.4 is 5.73 Å². The molecule has 1 nitrogen and oxygen atoms in total. The average molecular weight is 282 g/mol. The summed E-state index contributed by atoms with van der Waals surface area (Å²) in [7, 11) is 0. The summed E-state index contributed by atoms with van der Waals surface area (Å²) in [5, 5.41) is 0.597. The number of nitrogens with two attached hydrogens (primary N) is 1. The summed E-state index contributed by atoms with van der Waals surface area (Å²) in [5.74, 6) is -1.72. The smallest absolute Gasteiger partial charge is 0.159 e. The van der Waals surface area contributed by atoms with Crippen molar-refractivity contribution in [3.63, 3.8) is 0 Å². The van der Waals surface area contributed by atoms with Crippen molar-refractivity contribution < 1.29 is 8.78 Å². The molecule has 0 radical (unpaired) electrons. The van der Waals surface area contributed by atoms with E-state index in [0.717, 1.165) is 11.6 Å². The topological polar surface area (TPSA) is 26.0 Å². The van der Waals surface area contributed by atoms with Crippen molar-refractivity contribution in [1.82, 2.24) is 0 Å². The van der Waals surface area contributed by atoms with Gasteiger partial charge in [-0.1, -0.05) is 29.8 Å². The van der Waals surface area contributed by atoms with Crippen LogP contribution >= 0.6 is 11.6 Å². The van der Waals surface area contributed by atoms with Crippen LogP contribution in [0.4, 0.5) is 8.78 Å². The Kier molecular flexibility index (Phi) is 3.88. The number of hydrogen-bond acceptors (Lipinski definition) is 1. The van der Waals surface area contributed by atoms with E-state index in [1.807, 2.05) is 19.1 Å². The molecule has 0 saturated heterocycles. The minimum absolute atomic E-state index is 0.393. The molecule has 0 amide bonds. The highest BCUT2D eigenvalue weighted by molar-refractivity contribution is 6.30. The molecule has 2 aromatic rings. The van der Waals surface area contributed by atoms with E-state index in [2.05, 4.69) is 0 Å². The molecule has 0 saturated carbocycles. The number of benzene rings is 2. The van der Waals surface area contributed by atoms with E-state index in [1.54, 1.807) is 12.1 Å². The van der Waals surface area contributed by atoms with Gasteiger partial charge in [-0.05, 0) is 48.7 Å². The van der Waals surface area contributed by atoms with Crippen LogP contribution in [0.2, 0.25) is 5.02 Å². The predicted molar refractivity (Wildman–Crippen MR) is 73.1 cm³/mol. The van der Waals surface area contributed by atoms with Crippen molar-refractivity contribution in [2.24, 2.45) is 5.73 Å². The SMILES string of the molecule is CC(N)(Cc1ccc(F)c(F)c1)c1cccc(Cl)c1. The first-order valence-corrected chi connectivity index (χ1v) is 6.25. The normalized spacial score (nSPS) is 14.2. The summed E-state index contributed by atoms with van der Waals surface area (Å²) < 4.78 is 26.1. The summed E-state index contributed by atoms with van der Waals surface area (Å²) in [4.78, 5) is 0. The Morgan fingerprint density at radius 2 is 1.84 bits per heavy atom. The summed E-state index contributed by atoms with van der Waals surface area (Å²) in [5.41, 5.74) is 7.05. The van der Waals surface area contributed by atoms with Crippen LogP contribution in [0.1, 0.15) is 18.1 Å². The second-order valence-corrected chi connectivity index (χ2v) is 5.29. The minimum Gasteiger partial charge on any atom is -0.321 e. The fourth-order valence-electron chi connectivity index (χ4n) is 2.02. The van der Waals surface area contributed by atoms with E-state index in [9.17, 15) is 8.78 Å². The molecule has 0 heterocycles. The number of hydrogen-bond donors (Lipinski definition) is 1. The average Bonchev–Trinajstić information content (AvgIpc) is 2.33. The maximum absolute atomic E-state index is 13.2. The van der Waals surface area contributed by atoms with Gasteiger partial charge in [0.25, 0.3) is 0 Å². The molecule has 4 heteroatoms. The third-order valence-corrected chi connectivity index (χ3v) is 3.27. The number of rotatable bonds is 3. The summed E-state index contributed by atoms with van der Waals surface area (Å²) in [6.07, 6.45) is 0.393. The molecule has 2 N–H and O–H groups in total. The third kappa shape index (κ3) is 3.31. The zero-order chi connectivity index (χ0) is 14.0. The highest BCUT2D eigenvalue weighted by Gasteiger charge is 2.22. The molecule has 0 aliphatic heterocycles. The zero-order valence-electron chi connectivity index (χ0n) is 10.5. The Labute approximate surface area is 116 Å². The van der Waals surface area contributed by atoms with Gasteiger partial charge in [-0.2, -0.15) is 0 Å². The van der Waals surface area contributed by atoms with E-state index in [0.29, 0.717) is 17.0 Å². The monoisotopic (exact) mass is 281 g/mol. The van der Waals surface area contributed by atoms with Crippen molar-refractivity contribution in [2.45, 2.75) is 18.9 Å². The van der Waals surface area contributed by atoms with Gasteiger partial charge in [-0.25, -0.2) is 8.78 Å².